The van der Waals surface area contributed by atoms with Crippen molar-refractivity contribution in [2.45, 2.75) is 12.8 Å². The molecule has 0 aliphatic carbocycles. The molecule has 0 N–H and O–H groups in total. The van der Waals surface area contributed by atoms with Gasteiger partial charge in [0.05, 0.1) is 4.34 Å². The molecule has 0 saturated heterocycles. The zero-order valence-electron chi connectivity index (χ0n) is 12.1. The van der Waals surface area contributed by atoms with E-state index in [4.69, 9.17) is 16.0 Å². The molecule has 0 unspecified atom stereocenters. The van der Waals surface area contributed by atoms with Crippen LogP contribution in [0.25, 0.3) is 32.4 Å². The molecule has 0 spiro atoms. The monoisotopic (exact) mass is 348 g/mol. The van der Waals surface area contributed by atoms with Gasteiger partial charge in [-0.2, -0.15) is 0 Å². The fourth-order valence-corrected chi connectivity index (χ4v) is 3.91. The average molecular weight is 349 g/mol. The topological polar surface area (TPSA) is 13.1 Å². The number of benzene rings is 2. The van der Waals surface area contributed by atoms with Crippen LogP contribution in [0.5, 0.6) is 0 Å². The number of rotatable bonds is 2. The maximum atomic E-state index is 14.1. The number of halogens is 3. The Kier molecular flexibility index (Phi) is 3.22. The van der Waals surface area contributed by atoms with Crippen molar-refractivity contribution in [2.75, 3.05) is 0 Å². The smallest absolute Gasteiger partial charge is 0.271 e. The molecule has 0 aliphatic heterocycles. The minimum Gasteiger partial charge on any atom is -0.455 e. The third-order valence-corrected chi connectivity index (χ3v) is 5.10. The number of fused-ring (bicyclic) bond motifs is 3. The van der Waals surface area contributed by atoms with E-state index in [2.05, 4.69) is 0 Å². The molecule has 0 bridgehead atoms. The zero-order valence-corrected chi connectivity index (χ0v) is 13.6. The number of para-hydroxylation sites is 1. The molecule has 116 valence electrons. The van der Waals surface area contributed by atoms with Crippen molar-refractivity contribution in [3.05, 3.63) is 58.4 Å². The van der Waals surface area contributed by atoms with E-state index >= 15 is 0 Å². The van der Waals surface area contributed by atoms with Gasteiger partial charge in [-0.25, -0.2) is 8.78 Å². The van der Waals surface area contributed by atoms with Gasteiger partial charge >= 0.3 is 0 Å². The Balaban J connectivity index is 2.16. The lowest BCUT2D eigenvalue weighted by Gasteiger charge is -2.13. The van der Waals surface area contributed by atoms with Crippen molar-refractivity contribution in [3.63, 3.8) is 0 Å². The summed E-state index contributed by atoms with van der Waals surface area (Å²) >= 11 is 7.41. The van der Waals surface area contributed by atoms with Crippen LogP contribution in [0.3, 0.4) is 0 Å². The largest absolute Gasteiger partial charge is 0.455 e. The molecule has 4 aromatic rings. The number of hydrogen-bond acceptors (Lipinski definition) is 2. The number of thiophene rings is 1. The summed E-state index contributed by atoms with van der Waals surface area (Å²) < 4.78 is 34.7. The van der Waals surface area contributed by atoms with Crippen LogP contribution in [-0.2, 0) is 5.92 Å². The first-order chi connectivity index (χ1) is 10.9. The van der Waals surface area contributed by atoms with E-state index in [0.717, 1.165) is 17.4 Å². The Morgan fingerprint density at radius 3 is 2.52 bits per heavy atom. The van der Waals surface area contributed by atoms with E-state index in [-0.39, 0.29) is 5.56 Å². The van der Waals surface area contributed by atoms with Gasteiger partial charge in [-0.15, -0.1) is 11.3 Å². The van der Waals surface area contributed by atoms with Crippen LogP contribution in [0, 0.1) is 0 Å². The summed E-state index contributed by atoms with van der Waals surface area (Å²) in [5, 5.41) is 1.17. The summed E-state index contributed by atoms with van der Waals surface area (Å²) in [6.07, 6.45) is 0. The molecule has 0 radical (unpaired) electrons. The molecule has 23 heavy (non-hydrogen) atoms. The molecule has 5 heteroatoms. The second kappa shape index (κ2) is 5.05. The minimum atomic E-state index is -2.95. The van der Waals surface area contributed by atoms with Gasteiger partial charge in [0.2, 0.25) is 0 Å². The highest BCUT2D eigenvalue weighted by atomic mass is 35.5. The van der Waals surface area contributed by atoms with Crippen molar-refractivity contribution < 1.29 is 13.2 Å². The van der Waals surface area contributed by atoms with Crippen LogP contribution in [0.4, 0.5) is 8.78 Å². The number of furan rings is 1. The highest BCUT2D eigenvalue weighted by Gasteiger charge is 2.30. The number of hydrogen-bond donors (Lipinski definition) is 0. The minimum absolute atomic E-state index is 0.0242. The van der Waals surface area contributed by atoms with Crippen molar-refractivity contribution in [1.82, 2.24) is 0 Å². The molecule has 4 rings (SSSR count). The molecule has 2 heterocycles. The maximum absolute atomic E-state index is 14.1. The standard InChI is InChI=1S/C18H11ClF2OS/c1-18(20,21)12-7-6-11(14-8-9-15(19)23-14)17-16(12)10-4-2-3-5-13(10)22-17/h2-9H,1H3. The maximum Gasteiger partial charge on any atom is 0.271 e. The Hall–Kier alpha value is -1.91. The van der Waals surface area contributed by atoms with Crippen molar-refractivity contribution in [3.8, 4) is 10.4 Å². The van der Waals surface area contributed by atoms with E-state index in [9.17, 15) is 8.78 Å². The normalized spacial score (nSPS) is 12.3. The summed E-state index contributed by atoms with van der Waals surface area (Å²) in [5.74, 6) is -2.95. The average Bonchev–Trinajstić information content (AvgIpc) is 3.09. The third-order valence-electron chi connectivity index (χ3n) is 3.84. The van der Waals surface area contributed by atoms with Gasteiger partial charge in [0.25, 0.3) is 5.92 Å². The quantitative estimate of drug-likeness (QED) is 0.377. The van der Waals surface area contributed by atoms with Crippen LogP contribution in [0.2, 0.25) is 4.34 Å². The molecular formula is C18H11ClF2OS. The molecule has 0 amide bonds. The van der Waals surface area contributed by atoms with Gasteiger partial charge < -0.3 is 4.42 Å². The van der Waals surface area contributed by atoms with Crippen LogP contribution in [0.15, 0.2) is 52.9 Å². The van der Waals surface area contributed by atoms with Crippen LogP contribution < -0.4 is 0 Å². The summed E-state index contributed by atoms with van der Waals surface area (Å²) in [6, 6.07) is 14.1. The Bertz CT molecular complexity index is 1030. The molecule has 0 aliphatic rings. The summed E-state index contributed by atoms with van der Waals surface area (Å²) in [4.78, 5) is 0.894. The Labute approximate surface area is 140 Å². The van der Waals surface area contributed by atoms with Gasteiger partial charge in [0.15, 0.2) is 0 Å². The van der Waals surface area contributed by atoms with Crippen LogP contribution >= 0.6 is 22.9 Å². The molecule has 2 aromatic carbocycles. The van der Waals surface area contributed by atoms with Crippen molar-refractivity contribution >= 4 is 44.9 Å². The highest BCUT2D eigenvalue weighted by molar-refractivity contribution is 7.19. The van der Waals surface area contributed by atoms with Gasteiger partial charge in [-0.05, 0) is 24.3 Å². The van der Waals surface area contributed by atoms with Gasteiger partial charge in [-0.1, -0.05) is 35.9 Å². The van der Waals surface area contributed by atoms with Gasteiger partial charge in [0.1, 0.15) is 11.2 Å². The van der Waals surface area contributed by atoms with Gasteiger partial charge in [0, 0.05) is 33.7 Å². The highest BCUT2D eigenvalue weighted by Crippen LogP contribution is 2.44. The van der Waals surface area contributed by atoms with Crippen LogP contribution in [-0.4, -0.2) is 0 Å². The summed E-state index contributed by atoms with van der Waals surface area (Å²) in [7, 11) is 0. The molecule has 1 nitrogen and oxygen atoms in total. The van der Waals surface area contributed by atoms with Crippen LogP contribution in [0.1, 0.15) is 12.5 Å². The second-order valence-electron chi connectivity index (χ2n) is 5.46. The first-order valence-electron chi connectivity index (χ1n) is 7.03. The van der Waals surface area contributed by atoms with E-state index in [1.165, 1.54) is 17.4 Å². The molecule has 0 atom stereocenters. The Morgan fingerprint density at radius 1 is 1.04 bits per heavy atom. The SMILES string of the molecule is CC(F)(F)c1ccc(-c2ccc(Cl)s2)c2oc3ccccc3c12. The first-order valence-corrected chi connectivity index (χ1v) is 8.23. The molecule has 0 saturated carbocycles. The zero-order chi connectivity index (χ0) is 16.2. The number of alkyl halides is 2. The van der Waals surface area contributed by atoms with Crippen molar-refractivity contribution in [2.24, 2.45) is 0 Å². The molecule has 0 fully saturated rings. The molecular weight excluding hydrogens is 338 g/mol. The van der Waals surface area contributed by atoms with E-state index in [0.29, 0.717) is 26.3 Å². The first kappa shape index (κ1) is 14.7. The lowest BCUT2D eigenvalue weighted by molar-refractivity contribution is 0.0191. The summed E-state index contributed by atoms with van der Waals surface area (Å²) in [6.45, 7) is 0.908. The molecule has 2 aromatic heterocycles. The predicted molar refractivity (Wildman–Crippen MR) is 91.6 cm³/mol. The second-order valence-corrected chi connectivity index (χ2v) is 7.17. The van der Waals surface area contributed by atoms with Crippen molar-refractivity contribution in [1.29, 1.82) is 0 Å². The fourth-order valence-electron chi connectivity index (χ4n) is 2.85. The Morgan fingerprint density at radius 2 is 1.83 bits per heavy atom. The predicted octanol–water partition coefficient (Wildman–Crippen LogP) is 7.08. The van der Waals surface area contributed by atoms with E-state index < -0.39 is 5.92 Å². The fraction of sp³-hybridized carbons (Fsp3) is 0.111. The van der Waals surface area contributed by atoms with E-state index in [1.807, 2.05) is 24.3 Å². The lowest BCUT2D eigenvalue weighted by Crippen LogP contribution is -2.07. The summed E-state index contributed by atoms with van der Waals surface area (Å²) in [5.41, 5.74) is 1.83. The van der Waals surface area contributed by atoms with Gasteiger partial charge in [-0.3, -0.25) is 0 Å². The third kappa shape index (κ3) is 2.33. The van der Waals surface area contributed by atoms with E-state index in [1.54, 1.807) is 18.2 Å². The lowest BCUT2D eigenvalue weighted by atomic mass is 9.98.